The van der Waals surface area contributed by atoms with Gasteiger partial charge in [0.15, 0.2) is 0 Å². The average molecular weight is 275 g/mol. The summed E-state index contributed by atoms with van der Waals surface area (Å²) in [6, 6.07) is 8.14. The molecular weight excluding hydrogens is 250 g/mol. The van der Waals surface area contributed by atoms with E-state index in [1.165, 1.54) is 19.3 Å². The number of hydrogen-bond acceptors (Lipinski definition) is 2. The number of carbonyl (C=O) groups is 1. The molecule has 0 heterocycles. The van der Waals surface area contributed by atoms with Gasteiger partial charge in [0.25, 0.3) is 0 Å². The molecule has 0 saturated heterocycles. The van der Waals surface area contributed by atoms with E-state index >= 15 is 0 Å². The van der Waals surface area contributed by atoms with Gasteiger partial charge >= 0.3 is 6.03 Å². The molecule has 0 bridgehead atoms. The summed E-state index contributed by atoms with van der Waals surface area (Å²) < 4.78 is 0. The molecule has 1 aromatic carbocycles. The molecule has 0 aliphatic heterocycles. The highest BCUT2D eigenvalue weighted by Gasteiger charge is 2.23. The summed E-state index contributed by atoms with van der Waals surface area (Å²) in [5.74, 6) is 0. The van der Waals surface area contributed by atoms with Crippen molar-refractivity contribution in [3.8, 4) is 0 Å². The zero-order valence-corrected chi connectivity index (χ0v) is 12.3. The van der Waals surface area contributed by atoms with E-state index in [0.717, 1.165) is 30.6 Å². The molecule has 3 N–H and O–H groups in total. The lowest BCUT2D eigenvalue weighted by atomic mass is 9.94. The van der Waals surface area contributed by atoms with Crippen LogP contribution in [-0.2, 0) is 6.54 Å². The SMILES string of the molecule is CCN(C(=O)Nc1cccc(CN)c1)C1CCCCC1. The molecule has 0 aromatic heterocycles. The van der Waals surface area contributed by atoms with Gasteiger partial charge in [0.1, 0.15) is 0 Å². The van der Waals surface area contributed by atoms with E-state index in [1.54, 1.807) is 0 Å². The summed E-state index contributed by atoms with van der Waals surface area (Å²) in [4.78, 5) is 14.4. The van der Waals surface area contributed by atoms with Crippen LogP contribution in [0, 0.1) is 0 Å². The summed E-state index contributed by atoms with van der Waals surface area (Å²) in [6.45, 7) is 3.29. The Hall–Kier alpha value is -1.55. The van der Waals surface area contributed by atoms with Crippen molar-refractivity contribution in [2.24, 2.45) is 5.73 Å². The Morgan fingerprint density at radius 2 is 2.10 bits per heavy atom. The molecule has 0 radical (unpaired) electrons. The summed E-state index contributed by atoms with van der Waals surface area (Å²) >= 11 is 0. The molecule has 0 unspecified atom stereocenters. The van der Waals surface area contributed by atoms with Crippen LogP contribution in [0.1, 0.15) is 44.6 Å². The monoisotopic (exact) mass is 275 g/mol. The van der Waals surface area contributed by atoms with Crippen LogP contribution in [0.5, 0.6) is 0 Å². The third-order valence-electron chi connectivity index (χ3n) is 4.03. The Morgan fingerprint density at radius 3 is 2.75 bits per heavy atom. The minimum absolute atomic E-state index is 0.00794. The number of nitrogens with two attached hydrogens (primary N) is 1. The van der Waals surface area contributed by atoms with Crippen LogP contribution in [0.15, 0.2) is 24.3 Å². The van der Waals surface area contributed by atoms with Gasteiger partial charge in [0, 0.05) is 24.8 Å². The Kier molecular flexibility index (Phi) is 5.41. The molecule has 4 nitrogen and oxygen atoms in total. The van der Waals surface area contributed by atoms with Crippen molar-refractivity contribution in [3.05, 3.63) is 29.8 Å². The van der Waals surface area contributed by atoms with E-state index in [0.29, 0.717) is 12.6 Å². The molecule has 0 atom stereocenters. The quantitative estimate of drug-likeness (QED) is 0.885. The van der Waals surface area contributed by atoms with Crippen LogP contribution >= 0.6 is 0 Å². The van der Waals surface area contributed by atoms with Gasteiger partial charge in [-0.05, 0) is 37.5 Å². The van der Waals surface area contributed by atoms with Crippen molar-refractivity contribution in [3.63, 3.8) is 0 Å². The maximum Gasteiger partial charge on any atom is 0.322 e. The van der Waals surface area contributed by atoms with Gasteiger partial charge < -0.3 is 16.0 Å². The Bertz CT molecular complexity index is 441. The summed E-state index contributed by atoms with van der Waals surface area (Å²) in [5, 5.41) is 3.00. The fourth-order valence-electron chi connectivity index (χ4n) is 2.93. The molecule has 2 amide bonds. The summed E-state index contributed by atoms with van der Waals surface area (Å²) in [6.07, 6.45) is 6.02. The van der Waals surface area contributed by atoms with Gasteiger partial charge in [-0.15, -0.1) is 0 Å². The lowest BCUT2D eigenvalue weighted by Gasteiger charge is -2.33. The highest BCUT2D eigenvalue weighted by atomic mass is 16.2. The Balaban J connectivity index is 2.00. The zero-order chi connectivity index (χ0) is 14.4. The van der Waals surface area contributed by atoms with Gasteiger partial charge in [-0.3, -0.25) is 0 Å². The minimum Gasteiger partial charge on any atom is -0.326 e. The molecule has 1 aliphatic carbocycles. The maximum atomic E-state index is 12.4. The fourth-order valence-corrected chi connectivity index (χ4v) is 2.93. The third kappa shape index (κ3) is 3.73. The lowest BCUT2D eigenvalue weighted by molar-refractivity contribution is 0.172. The van der Waals surface area contributed by atoms with Crippen molar-refractivity contribution in [1.82, 2.24) is 4.90 Å². The van der Waals surface area contributed by atoms with Gasteiger partial charge in [-0.2, -0.15) is 0 Å². The summed E-state index contributed by atoms with van der Waals surface area (Å²) in [7, 11) is 0. The molecular formula is C16H25N3O. The number of nitrogens with one attached hydrogen (secondary N) is 1. The Morgan fingerprint density at radius 1 is 1.35 bits per heavy atom. The Labute approximate surface area is 121 Å². The first-order chi connectivity index (χ1) is 9.74. The van der Waals surface area contributed by atoms with Crippen LogP contribution in [0.25, 0.3) is 0 Å². The number of benzene rings is 1. The second-order valence-corrected chi connectivity index (χ2v) is 5.41. The molecule has 110 valence electrons. The van der Waals surface area contributed by atoms with E-state index < -0.39 is 0 Å². The largest absolute Gasteiger partial charge is 0.326 e. The number of nitrogens with zero attached hydrogens (tertiary/aromatic N) is 1. The number of anilines is 1. The molecule has 1 fully saturated rings. The highest BCUT2D eigenvalue weighted by Crippen LogP contribution is 2.23. The molecule has 1 aromatic rings. The molecule has 2 rings (SSSR count). The molecule has 1 saturated carbocycles. The van der Waals surface area contributed by atoms with Crippen molar-refractivity contribution >= 4 is 11.7 Å². The van der Waals surface area contributed by atoms with E-state index in [1.807, 2.05) is 36.1 Å². The lowest BCUT2D eigenvalue weighted by Crippen LogP contribution is -2.43. The molecule has 4 heteroatoms. The topological polar surface area (TPSA) is 58.4 Å². The van der Waals surface area contributed by atoms with Crippen molar-refractivity contribution in [2.45, 2.75) is 51.6 Å². The van der Waals surface area contributed by atoms with E-state index in [4.69, 9.17) is 5.73 Å². The molecule has 0 spiro atoms. The molecule has 20 heavy (non-hydrogen) atoms. The fraction of sp³-hybridized carbons (Fsp3) is 0.562. The first-order valence-electron chi connectivity index (χ1n) is 7.61. The number of rotatable bonds is 4. The summed E-state index contributed by atoms with van der Waals surface area (Å²) in [5.41, 5.74) is 7.49. The van der Waals surface area contributed by atoms with Crippen LogP contribution < -0.4 is 11.1 Å². The van der Waals surface area contributed by atoms with Gasteiger partial charge in [-0.1, -0.05) is 31.4 Å². The van der Waals surface area contributed by atoms with Gasteiger partial charge in [-0.25, -0.2) is 4.79 Å². The first kappa shape index (κ1) is 14.9. The van der Waals surface area contributed by atoms with E-state index in [-0.39, 0.29) is 6.03 Å². The van der Waals surface area contributed by atoms with Crippen molar-refractivity contribution in [1.29, 1.82) is 0 Å². The number of amides is 2. The predicted octanol–water partition coefficient (Wildman–Crippen LogP) is 3.33. The van der Waals surface area contributed by atoms with Crippen LogP contribution in [0.4, 0.5) is 10.5 Å². The van der Waals surface area contributed by atoms with E-state index in [2.05, 4.69) is 5.32 Å². The number of urea groups is 1. The second kappa shape index (κ2) is 7.29. The average Bonchev–Trinajstić information content (AvgIpc) is 2.49. The van der Waals surface area contributed by atoms with Crippen molar-refractivity contribution in [2.75, 3.05) is 11.9 Å². The normalized spacial score (nSPS) is 15.9. The molecule has 1 aliphatic rings. The maximum absolute atomic E-state index is 12.4. The predicted molar refractivity (Wildman–Crippen MR) is 82.6 cm³/mol. The zero-order valence-electron chi connectivity index (χ0n) is 12.3. The smallest absolute Gasteiger partial charge is 0.322 e. The van der Waals surface area contributed by atoms with Crippen LogP contribution in [-0.4, -0.2) is 23.5 Å². The third-order valence-corrected chi connectivity index (χ3v) is 4.03. The standard InChI is InChI=1S/C16H25N3O/c1-2-19(15-9-4-3-5-10-15)16(20)18-14-8-6-7-13(11-14)12-17/h6-8,11,15H,2-5,9-10,12,17H2,1H3,(H,18,20). The first-order valence-corrected chi connectivity index (χ1v) is 7.61. The van der Waals surface area contributed by atoms with Gasteiger partial charge in [0.05, 0.1) is 0 Å². The van der Waals surface area contributed by atoms with E-state index in [9.17, 15) is 4.79 Å². The number of hydrogen-bond donors (Lipinski definition) is 2. The van der Waals surface area contributed by atoms with Crippen molar-refractivity contribution < 1.29 is 4.79 Å². The minimum atomic E-state index is 0.00794. The second-order valence-electron chi connectivity index (χ2n) is 5.41. The van der Waals surface area contributed by atoms with Crippen LogP contribution in [0.2, 0.25) is 0 Å². The van der Waals surface area contributed by atoms with Crippen LogP contribution in [0.3, 0.4) is 0 Å². The number of carbonyl (C=O) groups excluding carboxylic acids is 1. The highest BCUT2D eigenvalue weighted by molar-refractivity contribution is 5.89. The van der Waals surface area contributed by atoms with Gasteiger partial charge in [0.2, 0.25) is 0 Å².